The number of anilines is 1. The number of amides is 1. The van der Waals surface area contributed by atoms with Crippen LogP contribution in [-0.4, -0.2) is 20.9 Å². The molecule has 2 N–H and O–H groups in total. The largest absolute Gasteiger partial charge is 0.368 e. The van der Waals surface area contributed by atoms with Crippen LogP contribution in [0.2, 0.25) is 5.02 Å². The summed E-state index contributed by atoms with van der Waals surface area (Å²) in [6.45, 7) is -0.457. The third kappa shape index (κ3) is 3.79. The molecule has 0 bridgehead atoms. The summed E-state index contributed by atoms with van der Waals surface area (Å²) in [6, 6.07) is 12.3. The Morgan fingerprint density at radius 1 is 1.18 bits per heavy atom. The van der Waals surface area contributed by atoms with E-state index in [4.69, 9.17) is 17.3 Å². The molecule has 0 aliphatic carbocycles. The van der Waals surface area contributed by atoms with Gasteiger partial charge in [-0.25, -0.2) is 8.42 Å². The van der Waals surface area contributed by atoms with E-state index in [2.05, 4.69) is 15.9 Å². The summed E-state index contributed by atoms with van der Waals surface area (Å²) in [5, 5.41) is 0.419. The van der Waals surface area contributed by atoms with E-state index in [9.17, 15) is 13.2 Å². The first-order valence-corrected chi connectivity index (χ1v) is 8.74. The number of sulfonamides is 1. The number of hydrogen-bond acceptors (Lipinski definition) is 3. The zero-order chi connectivity index (χ0) is 16.3. The van der Waals surface area contributed by atoms with E-state index in [0.29, 0.717) is 15.2 Å². The van der Waals surface area contributed by atoms with Crippen LogP contribution >= 0.6 is 27.5 Å². The predicted molar refractivity (Wildman–Crippen MR) is 89.3 cm³/mol. The highest BCUT2D eigenvalue weighted by Crippen LogP contribution is 2.26. The minimum atomic E-state index is -3.93. The van der Waals surface area contributed by atoms with Crippen LogP contribution in [0.15, 0.2) is 57.9 Å². The quantitative estimate of drug-likeness (QED) is 0.833. The topological polar surface area (TPSA) is 80.5 Å². The van der Waals surface area contributed by atoms with Gasteiger partial charge < -0.3 is 5.73 Å². The monoisotopic (exact) mass is 402 g/mol. The molecule has 0 aliphatic heterocycles. The molecule has 2 aromatic rings. The molecule has 2 aromatic carbocycles. The first-order chi connectivity index (χ1) is 10.3. The van der Waals surface area contributed by atoms with Gasteiger partial charge in [0.1, 0.15) is 6.54 Å². The molecule has 116 valence electrons. The van der Waals surface area contributed by atoms with Crippen molar-refractivity contribution in [2.45, 2.75) is 4.90 Å². The van der Waals surface area contributed by atoms with Crippen molar-refractivity contribution >= 4 is 49.1 Å². The molecule has 0 spiro atoms. The highest BCUT2D eigenvalue weighted by molar-refractivity contribution is 9.10. The number of halogens is 2. The Morgan fingerprint density at radius 2 is 1.82 bits per heavy atom. The number of nitrogens with two attached hydrogens (primary N) is 1. The smallest absolute Gasteiger partial charge is 0.264 e. The van der Waals surface area contributed by atoms with Gasteiger partial charge in [0.25, 0.3) is 10.0 Å². The summed E-state index contributed by atoms with van der Waals surface area (Å²) in [5.41, 5.74) is 5.53. The van der Waals surface area contributed by atoms with E-state index in [1.165, 1.54) is 24.3 Å². The Balaban J connectivity index is 2.53. The Hall–Kier alpha value is -1.57. The Bertz CT molecular complexity index is 794. The molecule has 0 aromatic heterocycles. The average molecular weight is 404 g/mol. The van der Waals surface area contributed by atoms with E-state index < -0.39 is 22.5 Å². The van der Waals surface area contributed by atoms with Gasteiger partial charge in [-0.05, 0) is 42.5 Å². The Labute approximate surface area is 141 Å². The maximum atomic E-state index is 12.8. The number of hydrogen-bond donors (Lipinski definition) is 1. The number of nitrogens with zero attached hydrogens (tertiary/aromatic N) is 1. The second kappa shape index (κ2) is 6.68. The van der Waals surface area contributed by atoms with Crippen molar-refractivity contribution < 1.29 is 13.2 Å². The van der Waals surface area contributed by atoms with Crippen LogP contribution in [0, 0.1) is 0 Å². The average Bonchev–Trinajstić information content (AvgIpc) is 2.45. The third-order valence-electron chi connectivity index (χ3n) is 2.80. The van der Waals surface area contributed by atoms with Crippen LogP contribution in [0.4, 0.5) is 5.69 Å². The van der Waals surface area contributed by atoms with Crippen LogP contribution in [0.5, 0.6) is 0 Å². The third-order valence-corrected chi connectivity index (χ3v) is 5.33. The number of primary amides is 1. The van der Waals surface area contributed by atoms with Gasteiger partial charge in [-0.15, -0.1) is 0 Å². The second-order valence-electron chi connectivity index (χ2n) is 4.41. The van der Waals surface area contributed by atoms with Crippen LogP contribution in [0.1, 0.15) is 0 Å². The van der Waals surface area contributed by atoms with Gasteiger partial charge in [-0.2, -0.15) is 0 Å². The van der Waals surface area contributed by atoms with Crippen molar-refractivity contribution in [1.29, 1.82) is 0 Å². The number of benzene rings is 2. The van der Waals surface area contributed by atoms with Crippen molar-refractivity contribution in [3.63, 3.8) is 0 Å². The molecule has 0 unspecified atom stereocenters. The molecule has 0 saturated carbocycles. The van der Waals surface area contributed by atoms with Crippen molar-refractivity contribution in [2.75, 3.05) is 10.8 Å². The molecule has 0 radical (unpaired) electrons. The van der Waals surface area contributed by atoms with Crippen molar-refractivity contribution in [1.82, 2.24) is 0 Å². The minimum Gasteiger partial charge on any atom is -0.368 e. The molecule has 0 aliphatic rings. The van der Waals surface area contributed by atoms with Gasteiger partial charge in [0, 0.05) is 9.50 Å². The zero-order valence-corrected chi connectivity index (χ0v) is 14.4. The van der Waals surface area contributed by atoms with Gasteiger partial charge in [0.2, 0.25) is 5.91 Å². The SMILES string of the molecule is NC(=O)CN(c1cccc(Br)c1)S(=O)(=O)c1ccc(Cl)cc1. The fraction of sp³-hybridized carbons (Fsp3) is 0.0714. The lowest BCUT2D eigenvalue weighted by Gasteiger charge is -2.23. The Morgan fingerprint density at radius 3 is 2.36 bits per heavy atom. The van der Waals surface area contributed by atoms with E-state index in [1.807, 2.05) is 0 Å². The van der Waals surface area contributed by atoms with E-state index in [0.717, 1.165) is 4.31 Å². The van der Waals surface area contributed by atoms with Crippen LogP contribution in [-0.2, 0) is 14.8 Å². The summed E-state index contributed by atoms with van der Waals surface area (Å²) in [7, 11) is -3.93. The molecule has 0 atom stereocenters. The van der Waals surface area contributed by atoms with Gasteiger partial charge in [0.15, 0.2) is 0 Å². The molecule has 0 saturated heterocycles. The summed E-state index contributed by atoms with van der Waals surface area (Å²) >= 11 is 9.05. The summed E-state index contributed by atoms with van der Waals surface area (Å²) < 4.78 is 27.1. The van der Waals surface area contributed by atoms with Gasteiger partial charge in [-0.1, -0.05) is 33.6 Å². The normalized spacial score (nSPS) is 11.2. The fourth-order valence-corrected chi connectivity index (χ4v) is 3.76. The summed E-state index contributed by atoms with van der Waals surface area (Å²) in [5.74, 6) is -0.752. The lowest BCUT2D eigenvalue weighted by Crippen LogP contribution is -2.38. The number of carbonyl (C=O) groups excluding carboxylic acids is 1. The molecular weight excluding hydrogens is 392 g/mol. The predicted octanol–water partition coefficient (Wildman–Crippen LogP) is 2.78. The number of rotatable bonds is 5. The fourth-order valence-electron chi connectivity index (χ4n) is 1.82. The summed E-state index contributed by atoms with van der Waals surface area (Å²) in [6.07, 6.45) is 0. The lowest BCUT2D eigenvalue weighted by molar-refractivity contribution is -0.116. The molecule has 1 amide bonds. The number of carbonyl (C=O) groups is 1. The van der Waals surface area contributed by atoms with Gasteiger partial charge >= 0.3 is 0 Å². The highest BCUT2D eigenvalue weighted by Gasteiger charge is 2.26. The molecule has 5 nitrogen and oxygen atoms in total. The van der Waals surface area contributed by atoms with Crippen LogP contribution in [0.3, 0.4) is 0 Å². The molecule has 0 fully saturated rings. The van der Waals surface area contributed by atoms with Crippen LogP contribution < -0.4 is 10.0 Å². The summed E-state index contributed by atoms with van der Waals surface area (Å²) in [4.78, 5) is 11.3. The minimum absolute atomic E-state index is 0.0260. The molecule has 2 rings (SSSR count). The van der Waals surface area contributed by atoms with Crippen molar-refractivity contribution in [3.8, 4) is 0 Å². The van der Waals surface area contributed by atoms with E-state index in [1.54, 1.807) is 24.3 Å². The molecular formula is C14H12BrClN2O3S. The standard InChI is InChI=1S/C14H12BrClN2O3S/c15-10-2-1-3-12(8-10)18(9-14(17)19)22(20,21)13-6-4-11(16)5-7-13/h1-8H,9H2,(H2,17,19). The first kappa shape index (κ1) is 16.8. The van der Waals surface area contributed by atoms with Gasteiger partial charge in [-0.3, -0.25) is 9.10 Å². The molecule has 0 heterocycles. The van der Waals surface area contributed by atoms with Gasteiger partial charge in [0.05, 0.1) is 10.6 Å². The molecule has 8 heteroatoms. The van der Waals surface area contributed by atoms with Crippen LogP contribution in [0.25, 0.3) is 0 Å². The first-order valence-electron chi connectivity index (χ1n) is 6.13. The van der Waals surface area contributed by atoms with Crippen molar-refractivity contribution in [3.05, 3.63) is 58.0 Å². The van der Waals surface area contributed by atoms with E-state index in [-0.39, 0.29) is 4.90 Å². The highest BCUT2D eigenvalue weighted by atomic mass is 79.9. The van der Waals surface area contributed by atoms with E-state index >= 15 is 0 Å². The zero-order valence-electron chi connectivity index (χ0n) is 11.2. The maximum Gasteiger partial charge on any atom is 0.264 e. The van der Waals surface area contributed by atoms with Crippen molar-refractivity contribution in [2.24, 2.45) is 5.73 Å². The Kier molecular flexibility index (Phi) is 5.10. The lowest BCUT2D eigenvalue weighted by atomic mass is 10.3. The second-order valence-corrected chi connectivity index (χ2v) is 7.63. The molecule has 22 heavy (non-hydrogen) atoms. The maximum absolute atomic E-state index is 12.8.